The van der Waals surface area contributed by atoms with E-state index in [0.29, 0.717) is 35.2 Å². The van der Waals surface area contributed by atoms with Crippen LogP contribution < -0.4 is 24.4 Å². The monoisotopic (exact) mass is 559 g/mol. The molecule has 0 aliphatic heterocycles. The Morgan fingerprint density at radius 3 is 2.26 bits per heavy atom. The van der Waals surface area contributed by atoms with Crippen molar-refractivity contribution in [1.29, 1.82) is 0 Å². The molecule has 0 fully saturated rings. The number of rotatable bonds is 11. The van der Waals surface area contributed by atoms with Gasteiger partial charge in [-0.3, -0.25) is 13.9 Å². The van der Waals surface area contributed by atoms with E-state index in [2.05, 4.69) is 10.6 Å². The van der Waals surface area contributed by atoms with Gasteiger partial charge in [0.15, 0.2) is 11.5 Å². The molecule has 202 valence electrons. The summed E-state index contributed by atoms with van der Waals surface area (Å²) in [5, 5.41) is 5.99. The van der Waals surface area contributed by atoms with Gasteiger partial charge >= 0.3 is 0 Å². The second kappa shape index (κ2) is 12.7. The Kier molecular flexibility index (Phi) is 9.60. The fraction of sp³-hybridized carbons (Fsp3) is 0.259. The van der Waals surface area contributed by atoms with E-state index in [1.165, 1.54) is 19.1 Å². The molecule has 0 saturated heterocycles. The first-order valence-electron chi connectivity index (χ1n) is 11.7. The lowest BCUT2D eigenvalue weighted by molar-refractivity contribution is -0.116. The van der Waals surface area contributed by atoms with E-state index in [4.69, 9.17) is 21.1 Å². The van der Waals surface area contributed by atoms with Crippen LogP contribution in [0.15, 0.2) is 66.7 Å². The van der Waals surface area contributed by atoms with Crippen molar-refractivity contribution in [2.75, 3.05) is 36.6 Å². The van der Waals surface area contributed by atoms with Crippen molar-refractivity contribution in [1.82, 2.24) is 5.32 Å². The molecule has 11 heteroatoms. The zero-order chi connectivity index (χ0) is 27.9. The Morgan fingerprint density at radius 1 is 0.974 bits per heavy atom. The van der Waals surface area contributed by atoms with Crippen LogP contribution in [0.5, 0.6) is 11.5 Å². The fourth-order valence-electron chi connectivity index (χ4n) is 3.88. The number of carbonyl (C=O) groups excluding carboxylic acids is 2. The molecule has 9 nitrogen and oxygen atoms in total. The Morgan fingerprint density at radius 2 is 1.63 bits per heavy atom. The van der Waals surface area contributed by atoms with Crippen LogP contribution in [-0.4, -0.2) is 53.3 Å². The second-order valence-corrected chi connectivity index (χ2v) is 10.7. The molecule has 0 aromatic heterocycles. The maximum absolute atomic E-state index is 13.1. The maximum atomic E-state index is 13.1. The number of nitrogens with one attached hydrogen (secondary N) is 2. The molecule has 0 aliphatic carbocycles. The average molecular weight is 560 g/mol. The lowest BCUT2D eigenvalue weighted by Gasteiger charge is -2.28. The summed E-state index contributed by atoms with van der Waals surface area (Å²) in [6, 6.07) is 17.1. The topological polar surface area (TPSA) is 114 Å². The number of amides is 2. The van der Waals surface area contributed by atoms with Gasteiger partial charge in [-0.1, -0.05) is 29.8 Å². The van der Waals surface area contributed by atoms with Crippen molar-refractivity contribution in [3.8, 4) is 11.5 Å². The molecule has 3 aromatic rings. The average Bonchev–Trinajstić information content (AvgIpc) is 2.89. The van der Waals surface area contributed by atoms with E-state index in [9.17, 15) is 18.0 Å². The summed E-state index contributed by atoms with van der Waals surface area (Å²) in [5.74, 6) is 0.229. The summed E-state index contributed by atoms with van der Waals surface area (Å²) in [6.45, 7) is 1.81. The molecule has 0 unspecified atom stereocenters. The van der Waals surface area contributed by atoms with Gasteiger partial charge in [0.1, 0.15) is 6.04 Å². The van der Waals surface area contributed by atoms with E-state index < -0.39 is 22.0 Å². The Hall–Kier alpha value is -3.76. The highest BCUT2D eigenvalue weighted by molar-refractivity contribution is 7.92. The van der Waals surface area contributed by atoms with Crippen LogP contribution in [0.4, 0.5) is 11.4 Å². The largest absolute Gasteiger partial charge is 0.493 e. The first-order valence-corrected chi connectivity index (χ1v) is 13.9. The van der Waals surface area contributed by atoms with Gasteiger partial charge in [-0.15, -0.1) is 0 Å². The molecule has 0 bridgehead atoms. The van der Waals surface area contributed by atoms with Gasteiger partial charge in [0, 0.05) is 11.6 Å². The Bertz CT molecular complexity index is 1400. The van der Waals surface area contributed by atoms with E-state index in [0.717, 1.165) is 16.1 Å². The predicted octanol–water partition coefficient (Wildman–Crippen LogP) is 4.12. The molecule has 1 atom stereocenters. The number of nitrogens with zero attached hydrogens (tertiary/aromatic N) is 1. The molecule has 3 rings (SSSR count). The van der Waals surface area contributed by atoms with E-state index in [-0.39, 0.29) is 17.2 Å². The van der Waals surface area contributed by atoms with Crippen molar-refractivity contribution in [3.63, 3.8) is 0 Å². The molecule has 2 N–H and O–H groups in total. The lowest BCUT2D eigenvalue weighted by atomic mass is 10.1. The SMILES string of the molecule is COc1ccc(CCNC(=O)c2ccccc2NC(=O)[C@H](C)N(c2ccc(Cl)cc2)S(C)(=O)=O)cc1OC. The Labute approximate surface area is 227 Å². The number of sulfonamides is 1. The number of halogens is 1. The Balaban J connectivity index is 1.71. The third kappa shape index (κ3) is 7.17. The van der Waals surface area contributed by atoms with Gasteiger partial charge in [-0.05, 0) is 67.4 Å². The summed E-state index contributed by atoms with van der Waals surface area (Å²) in [5.41, 5.74) is 1.75. The first-order chi connectivity index (χ1) is 18.0. The van der Waals surface area contributed by atoms with Gasteiger partial charge in [0.05, 0.1) is 37.4 Å². The second-order valence-electron chi connectivity index (χ2n) is 8.44. The van der Waals surface area contributed by atoms with Crippen LogP contribution in [0, 0.1) is 0 Å². The van der Waals surface area contributed by atoms with Gasteiger partial charge in [-0.2, -0.15) is 0 Å². The van der Waals surface area contributed by atoms with Crippen molar-refractivity contribution in [2.24, 2.45) is 0 Å². The maximum Gasteiger partial charge on any atom is 0.253 e. The van der Waals surface area contributed by atoms with Crippen LogP contribution in [0.2, 0.25) is 5.02 Å². The van der Waals surface area contributed by atoms with Gasteiger partial charge in [0.2, 0.25) is 15.9 Å². The minimum absolute atomic E-state index is 0.248. The van der Waals surface area contributed by atoms with Crippen molar-refractivity contribution < 1.29 is 27.5 Å². The number of para-hydroxylation sites is 1. The summed E-state index contributed by atoms with van der Waals surface area (Å²) >= 11 is 5.93. The number of hydrogen-bond donors (Lipinski definition) is 2. The normalized spacial score (nSPS) is 11.8. The predicted molar refractivity (Wildman–Crippen MR) is 149 cm³/mol. The quantitative estimate of drug-likeness (QED) is 0.365. The van der Waals surface area contributed by atoms with Crippen molar-refractivity contribution in [2.45, 2.75) is 19.4 Å². The molecular formula is C27H30ClN3O6S. The van der Waals surface area contributed by atoms with Crippen LogP contribution in [0.25, 0.3) is 0 Å². The molecule has 3 aromatic carbocycles. The minimum atomic E-state index is -3.81. The summed E-state index contributed by atoms with van der Waals surface area (Å²) in [7, 11) is -0.692. The van der Waals surface area contributed by atoms with Gasteiger partial charge in [-0.25, -0.2) is 8.42 Å². The highest BCUT2D eigenvalue weighted by Gasteiger charge is 2.29. The number of hydrogen-bond acceptors (Lipinski definition) is 6. The molecule has 2 amide bonds. The van der Waals surface area contributed by atoms with E-state index >= 15 is 0 Å². The molecule has 0 saturated carbocycles. The standard InChI is InChI=1S/C27H30ClN3O6S/c1-18(31(38(4,34)35)21-12-10-20(28)11-13-21)26(32)30-23-8-6-5-7-22(23)27(33)29-16-15-19-9-14-24(36-2)25(17-19)37-3/h5-14,17-18H,15-16H2,1-4H3,(H,29,33)(H,30,32)/t18-/m0/s1. The molecular weight excluding hydrogens is 530 g/mol. The number of anilines is 2. The molecule has 0 heterocycles. The molecule has 0 radical (unpaired) electrons. The van der Waals surface area contributed by atoms with Crippen molar-refractivity contribution >= 4 is 44.8 Å². The molecule has 38 heavy (non-hydrogen) atoms. The molecule has 0 aliphatic rings. The van der Waals surface area contributed by atoms with Gasteiger partial charge in [0.25, 0.3) is 5.91 Å². The van der Waals surface area contributed by atoms with Crippen LogP contribution in [0.1, 0.15) is 22.8 Å². The van der Waals surface area contributed by atoms with Crippen molar-refractivity contribution in [3.05, 3.63) is 82.9 Å². The highest BCUT2D eigenvalue weighted by Crippen LogP contribution is 2.28. The molecule has 0 spiro atoms. The van der Waals surface area contributed by atoms with E-state index in [1.54, 1.807) is 56.7 Å². The summed E-state index contributed by atoms with van der Waals surface area (Å²) in [6.07, 6.45) is 1.56. The van der Waals surface area contributed by atoms with Gasteiger partial charge < -0.3 is 20.1 Å². The van der Waals surface area contributed by atoms with Crippen LogP contribution in [0.3, 0.4) is 0 Å². The third-order valence-corrected chi connectivity index (χ3v) is 7.24. The number of carbonyl (C=O) groups is 2. The highest BCUT2D eigenvalue weighted by atomic mass is 35.5. The lowest BCUT2D eigenvalue weighted by Crippen LogP contribution is -2.45. The minimum Gasteiger partial charge on any atom is -0.493 e. The summed E-state index contributed by atoms with van der Waals surface area (Å²) in [4.78, 5) is 26.1. The first kappa shape index (κ1) is 28.8. The number of methoxy groups -OCH3 is 2. The number of benzene rings is 3. The van der Waals surface area contributed by atoms with E-state index in [1.807, 2.05) is 12.1 Å². The third-order valence-electron chi connectivity index (χ3n) is 5.75. The van der Waals surface area contributed by atoms with Crippen LogP contribution >= 0.6 is 11.6 Å². The van der Waals surface area contributed by atoms with Crippen LogP contribution in [-0.2, 0) is 21.2 Å². The fourth-order valence-corrected chi connectivity index (χ4v) is 5.18. The summed E-state index contributed by atoms with van der Waals surface area (Å²) < 4.78 is 36.6. The number of ether oxygens (including phenoxy) is 2. The zero-order valence-electron chi connectivity index (χ0n) is 21.5. The zero-order valence-corrected chi connectivity index (χ0v) is 23.1. The smallest absolute Gasteiger partial charge is 0.253 e.